The topological polar surface area (TPSA) is 43.1 Å². The predicted molar refractivity (Wildman–Crippen MR) is 80.3 cm³/mol. The van der Waals surface area contributed by atoms with E-state index in [9.17, 15) is 4.79 Å². The Kier molecular flexibility index (Phi) is 4.01. The average Bonchev–Trinajstić information content (AvgIpc) is 2.49. The SMILES string of the molecule is CCC(CC)(CN)C(=O)c1cccc2ccccc12. The van der Waals surface area contributed by atoms with Crippen LogP contribution in [0, 0.1) is 5.41 Å². The van der Waals surface area contributed by atoms with Crippen molar-refractivity contribution in [2.24, 2.45) is 11.1 Å². The van der Waals surface area contributed by atoms with Crippen LogP contribution >= 0.6 is 0 Å². The number of ketones is 1. The van der Waals surface area contributed by atoms with E-state index in [4.69, 9.17) is 5.73 Å². The lowest BCUT2D eigenvalue weighted by Crippen LogP contribution is -2.37. The third-order valence-electron chi connectivity index (χ3n) is 4.26. The summed E-state index contributed by atoms with van der Waals surface area (Å²) in [6, 6.07) is 13.9. The first kappa shape index (κ1) is 13.8. The lowest BCUT2D eigenvalue weighted by molar-refractivity contribution is 0.0789. The first-order valence-corrected chi connectivity index (χ1v) is 6.91. The second kappa shape index (κ2) is 5.54. The molecule has 0 radical (unpaired) electrons. The minimum Gasteiger partial charge on any atom is -0.329 e. The van der Waals surface area contributed by atoms with Gasteiger partial charge in [0.2, 0.25) is 0 Å². The van der Waals surface area contributed by atoms with E-state index < -0.39 is 5.41 Å². The Morgan fingerprint density at radius 1 is 1.05 bits per heavy atom. The maximum absolute atomic E-state index is 12.9. The van der Waals surface area contributed by atoms with Crippen LogP contribution in [0.4, 0.5) is 0 Å². The minimum atomic E-state index is -0.426. The molecule has 0 saturated heterocycles. The zero-order valence-corrected chi connectivity index (χ0v) is 11.6. The number of carbonyl (C=O) groups is 1. The molecule has 0 aliphatic rings. The zero-order valence-electron chi connectivity index (χ0n) is 11.6. The van der Waals surface area contributed by atoms with Crippen molar-refractivity contribution in [3.8, 4) is 0 Å². The first-order chi connectivity index (χ1) is 9.18. The molecular weight excluding hydrogens is 234 g/mol. The molecule has 0 spiro atoms. The van der Waals surface area contributed by atoms with Gasteiger partial charge in [-0.05, 0) is 23.6 Å². The van der Waals surface area contributed by atoms with Gasteiger partial charge in [-0.1, -0.05) is 56.3 Å². The number of Topliss-reactive ketones (excluding diaryl/α,β-unsaturated/α-hetero) is 1. The summed E-state index contributed by atoms with van der Waals surface area (Å²) in [7, 11) is 0. The first-order valence-electron chi connectivity index (χ1n) is 6.91. The van der Waals surface area contributed by atoms with Crippen molar-refractivity contribution in [1.29, 1.82) is 0 Å². The fourth-order valence-electron chi connectivity index (χ4n) is 2.66. The maximum atomic E-state index is 12.9. The van der Waals surface area contributed by atoms with Crippen LogP contribution in [-0.2, 0) is 0 Å². The quantitative estimate of drug-likeness (QED) is 0.826. The fourth-order valence-corrected chi connectivity index (χ4v) is 2.66. The van der Waals surface area contributed by atoms with Gasteiger partial charge in [-0.15, -0.1) is 0 Å². The molecule has 2 nitrogen and oxygen atoms in total. The molecule has 0 amide bonds. The predicted octanol–water partition coefficient (Wildman–Crippen LogP) is 3.79. The van der Waals surface area contributed by atoms with E-state index in [1.54, 1.807) is 0 Å². The summed E-state index contributed by atoms with van der Waals surface area (Å²) in [5.74, 6) is 0.178. The molecular formula is C17H21NO. The largest absolute Gasteiger partial charge is 0.329 e. The highest BCUT2D eigenvalue weighted by Gasteiger charge is 2.34. The van der Waals surface area contributed by atoms with Crippen LogP contribution in [0.1, 0.15) is 37.0 Å². The molecule has 0 atom stereocenters. The van der Waals surface area contributed by atoms with Crippen LogP contribution in [0.25, 0.3) is 10.8 Å². The molecule has 2 aromatic rings. The van der Waals surface area contributed by atoms with Crippen molar-refractivity contribution < 1.29 is 4.79 Å². The van der Waals surface area contributed by atoms with E-state index >= 15 is 0 Å². The average molecular weight is 255 g/mol. The summed E-state index contributed by atoms with van der Waals surface area (Å²) in [6.07, 6.45) is 1.56. The van der Waals surface area contributed by atoms with Crippen LogP contribution in [0.3, 0.4) is 0 Å². The Balaban J connectivity index is 2.58. The van der Waals surface area contributed by atoms with E-state index in [1.165, 1.54) is 0 Å². The Bertz CT molecular complexity index is 571. The van der Waals surface area contributed by atoms with Crippen LogP contribution < -0.4 is 5.73 Å². The summed E-state index contributed by atoms with van der Waals surface area (Å²) in [5.41, 5.74) is 6.26. The van der Waals surface area contributed by atoms with Gasteiger partial charge in [0.05, 0.1) is 0 Å². The number of fused-ring (bicyclic) bond motifs is 1. The van der Waals surface area contributed by atoms with Gasteiger partial charge in [-0.2, -0.15) is 0 Å². The van der Waals surface area contributed by atoms with Crippen molar-refractivity contribution in [3.63, 3.8) is 0 Å². The van der Waals surface area contributed by atoms with Crippen LogP contribution in [0.2, 0.25) is 0 Å². The second-order valence-electron chi connectivity index (χ2n) is 5.05. The summed E-state index contributed by atoms with van der Waals surface area (Å²) in [4.78, 5) is 12.9. The molecule has 0 aliphatic carbocycles. The molecule has 2 rings (SSSR count). The lowest BCUT2D eigenvalue weighted by Gasteiger charge is -2.28. The van der Waals surface area contributed by atoms with Gasteiger partial charge < -0.3 is 5.73 Å². The highest BCUT2D eigenvalue weighted by Crippen LogP contribution is 2.32. The van der Waals surface area contributed by atoms with Crippen molar-refractivity contribution in [3.05, 3.63) is 48.0 Å². The van der Waals surface area contributed by atoms with Gasteiger partial charge in [0.1, 0.15) is 0 Å². The number of hydrogen-bond acceptors (Lipinski definition) is 2. The Labute approximate surface area is 114 Å². The molecule has 2 N–H and O–H groups in total. The third kappa shape index (κ3) is 2.28. The van der Waals surface area contributed by atoms with Crippen LogP contribution in [0.5, 0.6) is 0 Å². The molecule has 100 valence electrons. The number of carbonyl (C=O) groups excluding carboxylic acids is 1. The Morgan fingerprint density at radius 3 is 2.32 bits per heavy atom. The fraction of sp³-hybridized carbons (Fsp3) is 0.353. The highest BCUT2D eigenvalue weighted by molar-refractivity contribution is 6.10. The standard InChI is InChI=1S/C17H21NO/c1-3-17(4-2,12-18)16(19)15-11-7-9-13-8-5-6-10-14(13)15/h5-11H,3-4,12,18H2,1-2H3. The van der Waals surface area contributed by atoms with Crippen molar-refractivity contribution in [2.75, 3.05) is 6.54 Å². The molecule has 0 heterocycles. The van der Waals surface area contributed by atoms with E-state index in [2.05, 4.69) is 0 Å². The molecule has 0 aliphatic heterocycles. The maximum Gasteiger partial charge on any atom is 0.170 e. The summed E-state index contributed by atoms with van der Waals surface area (Å²) in [6.45, 7) is 4.49. The summed E-state index contributed by atoms with van der Waals surface area (Å²) < 4.78 is 0. The van der Waals surface area contributed by atoms with Crippen molar-refractivity contribution >= 4 is 16.6 Å². The molecule has 0 unspecified atom stereocenters. The molecule has 2 aromatic carbocycles. The Hall–Kier alpha value is -1.67. The lowest BCUT2D eigenvalue weighted by atomic mass is 9.75. The van der Waals surface area contributed by atoms with Crippen molar-refractivity contribution in [2.45, 2.75) is 26.7 Å². The number of benzene rings is 2. The monoisotopic (exact) mass is 255 g/mol. The van der Waals surface area contributed by atoms with E-state index in [0.29, 0.717) is 6.54 Å². The zero-order chi connectivity index (χ0) is 13.9. The molecule has 2 heteroatoms. The normalized spacial score (nSPS) is 11.7. The number of nitrogens with two attached hydrogens (primary N) is 1. The Morgan fingerprint density at radius 2 is 1.68 bits per heavy atom. The molecule has 0 saturated carbocycles. The van der Waals surface area contributed by atoms with E-state index in [0.717, 1.165) is 29.2 Å². The van der Waals surface area contributed by atoms with E-state index in [-0.39, 0.29) is 5.78 Å². The van der Waals surface area contributed by atoms with Gasteiger partial charge in [-0.3, -0.25) is 4.79 Å². The highest BCUT2D eigenvalue weighted by atomic mass is 16.1. The second-order valence-corrected chi connectivity index (χ2v) is 5.05. The third-order valence-corrected chi connectivity index (χ3v) is 4.26. The van der Waals surface area contributed by atoms with Gasteiger partial charge in [0.15, 0.2) is 5.78 Å². The summed E-state index contributed by atoms with van der Waals surface area (Å²) in [5, 5.41) is 2.13. The van der Waals surface area contributed by atoms with Gasteiger partial charge >= 0.3 is 0 Å². The van der Waals surface area contributed by atoms with Gasteiger partial charge in [0, 0.05) is 17.5 Å². The van der Waals surface area contributed by atoms with Gasteiger partial charge in [0.25, 0.3) is 0 Å². The number of hydrogen-bond donors (Lipinski definition) is 1. The summed E-state index contributed by atoms with van der Waals surface area (Å²) >= 11 is 0. The molecule has 0 aromatic heterocycles. The van der Waals surface area contributed by atoms with Gasteiger partial charge in [-0.25, -0.2) is 0 Å². The smallest absolute Gasteiger partial charge is 0.170 e. The number of rotatable bonds is 5. The molecule has 19 heavy (non-hydrogen) atoms. The minimum absolute atomic E-state index is 0.178. The van der Waals surface area contributed by atoms with Crippen LogP contribution in [0.15, 0.2) is 42.5 Å². The van der Waals surface area contributed by atoms with Crippen LogP contribution in [-0.4, -0.2) is 12.3 Å². The van der Waals surface area contributed by atoms with Crippen molar-refractivity contribution in [1.82, 2.24) is 0 Å². The molecule has 0 bridgehead atoms. The van der Waals surface area contributed by atoms with E-state index in [1.807, 2.05) is 56.3 Å². The molecule has 0 fully saturated rings.